The van der Waals surface area contributed by atoms with Crippen LogP contribution in [0.15, 0.2) is 42.5 Å². The van der Waals surface area contributed by atoms with E-state index in [1.165, 1.54) is 30.0 Å². The molecule has 2 aromatic carbocycles. The minimum absolute atomic E-state index is 0.0560. The van der Waals surface area contributed by atoms with Crippen molar-refractivity contribution in [1.29, 1.82) is 0 Å². The summed E-state index contributed by atoms with van der Waals surface area (Å²) in [6.45, 7) is 15.2. The fourth-order valence-corrected chi connectivity index (χ4v) is 4.34. The number of hydrogen-bond donors (Lipinski definition) is 1. The molecule has 0 bridgehead atoms. The Morgan fingerprint density at radius 1 is 1.08 bits per heavy atom. The lowest BCUT2D eigenvalue weighted by atomic mass is 9.98. The van der Waals surface area contributed by atoms with Gasteiger partial charge in [-0.2, -0.15) is 0 Å². The maximum absolute atomic E-state index is 12.6. The Bertz CT molecular complexity index is 914. The van der Waals surface area contributed by atoms with Gasteiger partial charge in [-0.25, -0.2) is 4.39 Å². The highest BCUT2D eigenvalue weighted by Gasteiger charge is 2.18. The average molecular weight is 532 g/mol. The predicted molar refractivity (Wildman–Crippen MR) is 154 cm³/mol. The number of likely N-dealkylation sites (tertiary alicyclic amines) is 1. The van der Waals surface area contributed by atoms with Crippen LogP contribution in [0, 0.1) is 19.7 Å². The third-order valence-corrected chi connectivity index (χ3v) is 6.41. The predicted octanol–water partition coefficient (Wildman–Crippen LogP) is 6.97. The zero-order valence-electron chi connectivity index (χ0n) is 24.5. The van der Waals surface area contributed by atoms with E-state index in [4.69, 9.17) is 9.47 Å². The van der Waals surface area contributed by atoms with E-state index < -0.39 is 6.10 Å². The summed E-state index contributed by atoms with van der Waals surface area (Å²) in [6.07, 6.45) is 5.13. The van der Waals surface area contributed by atoms with E-state index in [0.717, 1.165) is 37.9 Å². The molecule has 1 aliphatic rings. The second-order valence-electron chi connectivity index (χ2n) is 9.60. The van der Waals surface area contributed by atoms with E-state index in [1.54, 1.807) is 13.0 Å². The fourth-order valence-electron chi connectivity index (χ4n) is 4.34. The number of rotatable bonds is 12. The Hall–Kier alpha value is -2.28. The number of benzene rings is 2. The number of β-amino-alcohol motifs (C(OH)–C–C–N with tert-alkyl or cyclic N) is 1. The van der Waals surface area contributed by atoms with Gasteiger partial charge < -0.3 is 19.5 Å². The lowest BCUT2D eigenvalue weighted by Gasteiger charge is -2.22. The number of carbonyl (C=O) groups is 1. The molecule has 1 fully saturated rings. The van der Waals surface area contributed by atoms with Crippen LogP contribution in [-0.2, 0) is 20.7 Å². The van der Waals surface area contributed by atoms with Gasteiger partial charge in [0.25, 0.3) is 0 Å². The van der Waals surface area contributed by atoms with Crippen molar-refractivity contribution in [2.75, 3.05) is 32.8 Å². The molecule has 0 radical (unpaired) electrons. The van der Waals surface area contributed by atoms with E-state index in [1.807, 2.05) is 52.8 Å². The van der Waals surface area contributed by atoms with Crippen molar-refractivity contribution in [2.24, 2.45) is 0 Å². The molecule has 1 N–H and O–H groups in total. The molecule has 3 rings (SSSR count). The van der Waals surface area contributed by atoms with E-state index >= 15 is 0 Å². The monoisotopic (exact) mass is 531 g/mol. The van der Waals surface area contributed by atoms with Crippen LogP contribution in [0.1, 0.15) is 88.2 Å². The Morgan fingerprint density at radius 3 is 2.39 bits per heavy atom. The highest BCUT2D eigenvalue weighted by molar-refractivity contribution is 5.69. The largest absolute Gasteiger partial charge is 0.466 e. The number of unbranched alkanes of at least 4 members (excludes halogenated alkanes) is 1. The third kappa shape index (κ3) is 13.5. The van der Waals surface area contributed by atoms with Crippen LogP contribution in [0.3, 0.4) is 0 Å². The van der Waals surface area contributed by atoms with Crippen molar-refractivity contribution in [2.45, 2.75) is 92.3 Å². The molecule has 0 aromatic heterocycles. The van der Waals surface area contributed by atoms with Crippen LogP contribution in [0.4, 0.5) is 4.39 Å². The lowest BCUT2D eigenvalue weighted by Crippen LogP contribution is -2.33. The van der Waals surface area contributed by atoms with Gasteiger partial charge in [0, 0.05) is 13.0 Å². The van der Waals surface area contributed by atoms with E-state index in [0.29, 0.717) is 31.7 Å². The van der Waals surface area contributed by atoms with Crippen molar-refractivity contribution < 1.29 is 23.8 Å². The van der Waals surface area contributed by atoms with Crippen molar-refractivity contribution in [3.63, 3.8) is 0 Å². The van der Waals surface area contributed by atoms with Gasteiger partial charge in [0.05, 0.1) is 25.4 Å². The van der Waals surface area contributed by atoms with Crippen LogP contribution >= 0.6 is 0 Å². The Kier molecular flexibility index (Phi) is 17.5. The Labute approximate surface area is 230 Å². The molecule has 0 amide bonds. The Balaban J connectivity index is 0.000000548. The molecule has 1 aliphatic heterocycles. The number of aryl methyl sites for hydroxylation is 3. The summed E-state index contributed by atoms with van der Waals surface area (Å²) in [6, 6.07) is 13.5. The highest BCUT2D eigenvalue weighted by Crippen LogP contribution is 2.23. The zero-order chi connectivity index (χ0) is 28.3. The number of carbonyl (C=O) groups excluding carboxylic acids is 1. The first-order valence-corrected chi connectivity index (χ1v) is 14.3. The van der Waals surface area contributed by atoms with Crippen molar-refractivity contribution in [3.05, 3.63) is 70.5 Å². The van der Waals surface area contributed by atoms with E-state index in [9.17, 15) is 14.3 Å². The van der Waals surface area contributed by atoms with Gasteiger partial charge in [-0.15, -0.1) is 0 Å². The summed E-state index contributed by atoms with van der Waals surface area (Å²) < 4.78 is 23.5. The molecule has 0 spiro atoms. The number of nitrogens with zero attached hydrogens (tertiary/aromatic N) is 1. The normalized spacial score (nSPS) is 14.5. The van der Waals surface area contributed by atoms with Gasteiger partial charge in [-0.1, -0.05) is 50.2 Å². The van der Waals surface area contributed by atoms with Crippen molar-refractivity contribution in [1.82, 2.24) is 4.90 Å². The lowest BCUT2D eigenvalue weighted by molar-refractivity contribution is -0.143. The smallest absolute Gasteiger partial charge is 0.305 e. The van der Waals surface area contributed by atoms with Crippen LogP contribution in [0.25, 0.3) is 0 Å². The molecule has 2 atom stereocenters. The molecule has 38 heavy (non-hydrogen) atoms. The van der Waals surface area contributed by atoms with Gasteiger partial charge in [0.15, 0.2) is 0 Å². The molecule has 5 nitrogen and oxygen atoms in total. The summed E-state index contributed by atoms with van der Waals surface area (Å²) in [5, 5.41) is 10.2. The summed E-state index contributed by atoms with van der Waals surface area (Å²) in [5.41, 5.74) is 4.10. The van der Waals surface area contributed by atoms with Crippen LogP contribution in [-0.4, -0.2) is 54.9 Å². The topological polar surface area (TPSA) is 59.0 Å². The van der Waals surface area contributed by atoms with Crippen LogP contribution < -0.4 is 0 Å². The van der Waals surface area contributed by atoms with Gasteiger partial charge >= 0.3 is 5.97 Å². The minimum atomic E-state index is -0.442. The number of ether oxygens (including phenoxy) is 2. The number of hydrogen-bond acceptors (Lipinski definition) is 5. The fraction of sp³-hybridized carbons (Fsp3) is 0.594. The van der Waals surface area contributed by atoms with Gasteiger partial charge in [-0.05, 0) is 101 Å². The van der Waals surface area contributed by atoms with Gasteiger partial charge in [0.2, 0.25) is 0 Å². The number of aliphatic hydroxyl groups is 1. The van der Waals surface area contributed by atoms with Gasteiger partial charge in [0.1, 0.15) is 5.82 Å². The van der Waals surface area contributed by atoms with E-state index in [-0.39, 0.29) is 17.9 Å². The quantitative estimate of drug-likeness (QED) is 0.237. The number of halogens is 1. The zero-order valence-corrected chi connectivity index (χ0v) is 24.5. The summed E-state index contributed by atoms with van der Waals surface area (Å²) in [7, 11) is 0. The maximum Gasteiger partial charge on any atom is 0.305 e. The molecule has 0 aliphatic carbocycles. The molecule has 214 valence electrons. The first-order chi connectivity index (χ1) is 18.3. The molecule has 6 heteroatoms. The molecule has 1 heterocycles. The van der Waals surface area contributed by atoms with Crippen LogP contribution in [0.2, 0.25) is 0 Å². The number of esters is 1. The van der Waals surface area contributed by atoms with Crippen LogP contribution in [0.5, 0.6) is 0 Å². The third-order valence-electron chi connectivity index (χ3n) is 6.41. The first-order valence-electron chi connectivity index (χ1n) is 14.3. The highest BCUT2D eigenvalue weighted by atomic mass is 19.1. The molecule has 0 saturated carbocycles. The summed E-state index contributed by atoms with van der Waals surface area (Å²) >= 11 is 0. The first kappa shape index (κ1) is 33.7. The molecule has 2 unspecified atom stereocenters. The summed E-state index contributed by atoms with van der Waals surface area (Å²) in [5.74, 6) is -0.232. The second kappa shape index (κ2) is 19.7. The standard InChI is InChI=1S/C22H35NO4.C8H9F.C2H6/c1-3-26-22(25)13-7-5-11-19-10-4-6-12-21(19)18(2)27-17-20(24)16-23-14-8-9-15-23;1-6-3-4-7(2)8(9)5-6;1-2/h4,6,10,12,18,20,24H,3,5,7-9,11,13-17H2,1-2H3;3-5H,1-2H3;1-2H3. The second-order valence-corrected chi connectivity index (χ2v) is 9.60. The Morgan fingerprint density at radius 2 is 1.76 bits per heavy atom. The van der Waals surface area contributed by atoms with E-state index in [2.05, 4.69) is 17.0 Å². The molecule has 1 saturated heterocycles. The average Bonchev–Trinajstić information content (AvgIpc) is 3.42. The van der Waals surface area contributed by atoms with Gasteiger partial charge in [-0.3, -0.25) is 4.79 Å². The maximum atomic E-state index is 12.6. The molecular formula is C32H50FNO4. The molecule has 2 aromatic rings. The SMILES string of the molecule is CC.CCOC(=O)CCCCc1ccccc1C(C)OCC(O)CN1CCCC1.Cc1ccc(C)c(F)c1. The summed E-state index contributed by atoms with van der Waals surface area (Å²) in [4.78, 5) is 13.7. The van der Waals surface area contributed by atoms with Crippen molar-refractivity contribution in [3.8, 4) is 0 Å². The number of aliphatic hydroxyl groups excluding tert-OH is 1. The minimum Gasteiger partial charge on any atom is -0.466 e. The van der Waals surface area contributed by atoms with Crippen molar-refractivity contribution >= 4 is 5.97 Å². The molecular weight excluding hydrogens is 481 g/mol.